The van der Waals surface area contributed by atoms with Crippen LogP contribution in [0.1, 0.15) is 78.6 Å². The molecule has 0 saturated heterocycles. The fourth-order valence-electron chi connectivity index (χ4n) is 1.99. The SMILES string of the molecule is C=C(C)C(=O)OC(CC)OP(=O)(O)OCCCCCCCCCC. The van der Waals surface area contributed by atoms with E-state index < -0.39 is 20.1 Å². The van der Waals surface area contributed by atoms with Crippen molar-refractivity contribution in [3.8, 4) is 0 Å². The van der Waals surface area contributed by atoms with Crippen LogP contribution in [0.2, 0.25) is 0 Å². The van der Waals surface area contributed by atoms with Gasteiger partial charge in [0.1, 0.15) is 0 Å². The van der Waals surface area contributed by atoms with Crippen molar-refractivity contribution in [1.29, 1.82) is 0 Å². The highest BCUT2D eigenvalue weighted by molar-refractivity contribution is 7.47. The zero-order valence-corrected chi connectivity index (χ0v) is 16.2. The third-order valence-electron chi connectivity index (χ3n) is 3.42. The Balaban J connectivity index is 3.89. The number of carbonyl (C=O) groups is 1. The number of carbonyl (C=O) groups excluding carboxylic acids is 1. The van der Waals surface area contributed by atoms with Crippen molar-refractivity contribution in [3.05, 3.63) is 12.2 Å². The van der Waals surface area contributed by atoms with Gasteiger partial charge in [-0.1, -0.05) is 65.4 Å². The van der Waals surface area contributed by atoms with E-state index >= 15 is 0 Å². The summed E-state index contributed by atoms with van der Waals surface area (Å²) in [5, 5.41) is 0. The minimum Gasteiger partial charge on any atom is -0.432 e. The molecule has 0 rings (SSSR count). The summed E-state index contributed by atoms with van der Waals surface area (Å²) in [7, 11) is -4.23. The molecule has 0 spiro atoms. The number of esters is 1. The van der Waals surface area contributed by atoms with E-state index in [1.165, 1.54) is 39.0 Å². The Morgan fingerprint density at radius 1 is 1.08 bits per heavy atom. The molecule has 0 bridgehead atoms. The molecule has 0 radical (unpaired) electrons. The highest BCUT2D eigenvalue weighted by atomic mass is 31.2. The van der Waals surface area contributed by atoms with E-state index in [9.17, 15) is 14.3 Å². The maximum atomic E-state index is 11.8. The first-order valence-corrected chi connectivity index (χ1v) is 10.3. The normalized spacial score (nSPS) is 14.8. The van der Waals surface area contributed by atoms with E-state index in [1.54, 1.807) is 6.92 Å². The predicted molar refractivity (Wildman–Crippen MR) is 94.5 cm³/mol. The van der Waals surface area contributed by atoms with Crippen molar-refractivity contribution in [3.63, 3.8) is 0 Å². The molecular formula is C17H33O6P. The Morgan fingerprint density at radius 3 is 2.12 bits per heavy atom. The van der Waals surface area contributed by atoms with Crippen molar-refractivity contribution in [2.24, 2.45) is 0 Å². The van der Waals surface area contributed by atoms with Gasteiger partial charge in [0, 0.05) is 12.0 Å². The van der Waals surface area contributed by atoms with Crippen LogP contribution in [0.25, 0.3) is 0 Å². The van der Waals surface area contributed by atoms with Gasteiger partial charge in [0.05, 0.1) is 6.61 Å². The average Bonchev–Trinajstić information content (AvgIpc) is 2.52. The first kappa shape index (κ1) is 23.3. The molecule has 142 valence electrons. The summed E-state index contributed by atoms with van der Waals surface area (Å²) < 4.78 is 26.6. The van der Waals surface area contributed by atoms with Crippen molar-refractivity contribution < 1.29 is 28.0 Å². The van der Waals surface area contributed by atoms with E-state index in [1.807, 2.05) is 0 Å². The number of phosphoric ester groups is 1. The Labute approximate surface area is 146 Å². The van der Waals surface area contributed by atoms with Crippen molar-refractivity contribution in [2.75, 3.05) is 6.61 Å². The van der Waals surface area contributed by atoms with Gasteiger partial charge in [-0.2, -0.15) is 0 Å². The molecular weight excluding hydrogens is 331 g/mol. The van der Waals surface area contributed by atoms with Crippen molar-refractivity contribution >= 4 is 13.8 Å². The third-order valence-corrected chi connectivity index (χ3v) is 4.43. The quantitative estimate of drug-likeness (QED) is 0.143. The molecule has 0 aliphatic heterocycles. The van der Waals surface area contributed by atoms with Crippen LogP contribution in [0, 0.1) is 0 Å². The minimum absolute atomic E-state index is 0.146. The average molecular weight is 364 g/mol. The van der Waals surface area contributed by atoms with Crippen LogP contribution in [0.3, 0.4) is 0 Å². The van der Waals surface area contributed by atoms with Gasteiger partial charge in [-0.25, -0.2) is 13.9 Å². The van der Waals surface area contributed by atoms with E-state index in [0.717, 1.165) is 12.8 Å². The molecule has 2 unspecified atom stereocenters. The first-order chi connectivity index (χ1) is 11.3. The number of phosphoric acid groups is 1. The van der Waals surface area contributed by atoms with Gasteiger partial charge in [-0.05, 0) is 13.3 Å². The molecule has 7 heteroatoms. The summed E-state index contributed by atoms with van der Waals surface area (Å²) in [4.78, 5) is 21.1. The summed E-state index contributed by atoms with van der Waals surface area (Å²) in [5.41, 5.74) is 0.199. The molecule has 0 amide bonds. The maximum Gasteiger partial charge on any atom is 0.475 e. The summed E-state index contributed by atoms with van der Waals surface area (Å²) in [6.45, 7) is 8.95. The number of unbranched alkanes of at least 4 members (excludes halogenated alkanes) is 7. The maximum absolute atomic E-state index is 11.8. The van der Waals surface area contributed by atoms with Gasteiger partial charge >= 0.3 is 13.8 Å². The monoisotopic (exact) mass is 364 g/mol. The van der Waals surface area contributed by atoms with Crippen LogP contribution >= 0.6 is 7.82 Å². The molecule has 0 aliphatic carbocycles. The zero-order valence-electron chi connectivity index (χ0n) is 15.3. The van der Waals surface area contributed by atoms with Crippen LogP contribution in [-0.2, 0) is 23.1 Å². The minimum atomic E-state index is -4.23. The van der Waals surface area contributed by atoms with Crippen molar-refractivity contribution in [2.45, 2.75) is 84.8 Å². The second-order valence-electron chi connectivity index (χ2n) is 5.91. The number of ether oxygens (including phenoxy) is 1. The Kier molecular flexibility index (Phi) is 13.2. The number of rotatable bonds is 15. The Morgan fingerprint density at radius 2 is 1.62 bits per heavy atom. The third kappa shape index (κ3) is 12.7. The fourth-order valence-corrected chi connectivity index (χ4v) is 2.90. The van der Waals surface area contributed by atoms with Crippen LogP contribution in [0.4, 0.5) is 0 Å². The lowest BCUT2D eigenvalue weighted by atomic mass is 10.1. The summed E-state index contributed by atoms with van der Waals surface area (Å²) in [5.74, 6) is -0.662. The molecule has 0 aromatic carbocycles. The molecule has 6 nitrogen and oxygen atoms in total. The summed E-state index contributed by atoms with van der Waals surface area (Å²) in [6.07, 6.45) is 8.07. The van der Waals surface area contributed by atoms with Gasteiger partial charge in [0.25, 0.3) is 0 Å². The number of hydrogen-bond donors (Lipinski definition) is 1. The summed E-state index contributed by atoms with van der Waals surface area (Å²) in [6, 6.07) is 0. The molecule has 0 saturated carbocycles. The highest BCUT2D eigenvalue weighted by Gasteiger charge is 2.28. The Bertz CT molecular complexity index is 410. The first-order valence-electron chi connectivity index (χ1n) is 8.84. The van der Waals surface area contributed by atoms with Crippen LogP contribution in [-0.4, -0.2) is 23.8 Å². The zero-order chi connectivity index (χ0) is 18.4. The van der Waals surface area contributed by atoms with Crippen LogP contribution in [0.15, 0.2) is 12.2 Å². The van der Waals surface area contributed by atoms with E-state index in [0.29, 0.717) is 6.42 Å². The van der Waals surface area contributed by atoms with Gasteiger partial charge in [-0.3, -0.25) is 4.52 Å². The second-order valence-corrected chi connectivity index (χ2v) is 7.31. The molecule has 0 aliphatic rings. The van der Waals surface area contributed by atoms with Gasteiger partial charge < -0.3 is 9.63 Å². The molecule has 1 N–H and O–H groups in total. The van der Waals surface area contributed by atoms with Crippen LogP contribution < -0.4 is 0 Å². The topological polar surface area (TPSA) is 82.1 Å². The lowest BCUT2D eigenvalue weighted by Crippen LogP contribution is -2.20. The Hall–Kier alpha value is -0.680. The molecule has 0 aromatic rings. The van der Waals surface area contributed by atoms with Gasteiger partial charge in [-0.15, -0.1) is 0 Å². The standard InChI is InChI=1S/C17H33O6P/c1-5-7-8-9-10-11-12-13-14-21-24(19,20)23-16(6-2)22-17(18)15(3)4/h16H,3,5-14H2,1-2,4H3,(H,19,20). The number of hydrogen-bond acceptors (Lipinski definition) is 5. The smallest absolute Gasteiger partial charge is 0.432 e. The molecule has 2 atom stereocenters. The molecule has 24 heavy (non-hydrogen) atoms. The van der Waals surface area contributed by atoms with Crippen molar-refractivity contribution in [1.82, 2.24) is 0 Å². The molecule has 0 heterocycles. The summed E-state index contributed by atoms with van der Waals surface area (Å²) >= 11 is 0. The lowest BCUT2D eigenvalue weighted by molar-refractivity contribution is -0.161. The molecule has 0 aromatic heterocycles. The van der Waals surface area contributed by atoms with E-state index in [2.05, 4.69) is 13.5 Å². The van der Waals surface area contributed by atoms with E-state index in [-0.39, 0.29) is 18.6 Å². The molecule has 0 fully saturated rings. The van der Waals surface area contributed by atoms with Gasteiger partial charge in [0.2, 0.25) is 6.29 Å². The highest BCUT2D eigenvalue weighted by Crippen LogP contribution is 2.45. The largest absolute Gasteiger partial charge is 0.475 e. The van der Waals surface area contributed by atoms with E-state index in [4.69, 9.17) is 13.8 Å². The lowest BCUT2D eigenvalue weighted by Gasteiger charge is -2.19. The second kappa shape index (κ2) is 13.6. The fraction of sp³-hybridized carbons (Fsp3) is 0.824. The van der Waals surface area contributed by atoms with Crippen LogP contribution in [0.5, 0.6) is 0 Å². The predicted octanol–water partition coefficient (Wildman–Crippen LogP) is 5.12. The van der Waals surface area contributed by atoms with Gasteiger partial charge in [0.15, 0.2) is 0 Å².